The van der Waals surface area contributed by atoms with Gasteiger partial charge < -0.3 is 4.90 Å². The number of fused-ring (bicyclic) bond motifs is 1. The van der Waals surface area contributed by atoms with Crippen molar-refractivity contribution in [2.45, 2.75) is 46.1 Å². The second-order valence-electron chi connectivity index (χ2n) is 7.26. The molecule has 0 radical (unpaired) electrons. The van der Waals surface area contributed by atoms with E-state index in [1.165, 1.54) is 41.2 Å². The Bertz CT molecular complexity index is 916. The molecule has 1 atom stereocenters. The van der Waals surface area contributed by atoms with E-state index in [-0.39, 0.29) is 0 Å². The topological polar surface area (TPSA) is 29.0 Å². The summed E-state index contributed by atoms with van der Waals surface area (Å²) in [5.74, 6) is 1.04. The Morgan fingerprint density at radius 1 is 0.920 bits per heavy atom. The van der Waals surface area contributed by atoms with Crippen LogP contribution in [0.25, 0.3) is 22.0 Å². The molecule has 1 aromatic heterocycles. The summed E-state index contributed by atoms with van der Waals surface area (Å²) >= 11 is 0. The molecule has 0 bridgehead atoms. The maximum atomic E-state index is 4.69. The molecule has 3 nitrogen and oxygen atoms in total. The van der Waals surface area contributed by atoms with Crippen molar-refractivity contribution in [1.29, 1.82) is 0 Å². The average molecular weight is 331 g/mol. The molecule has 1 fully saturated rings. The zero-order chi connectivity index (χ0) is 17.4. The van der Waals surface area contributed by atoms with Crippen LogP contribution in [0.5, 0.6) is 0 Å². The van der Waals surface area contributed by atoms with Gasteiger partial charge in [0.15, 0.2) is 5.82 Å². The number of aromatic nitrogens is 2. The Morgan fingerprint density at radius 3 is 2.48 bits per heavy atom. The Labute approximate surface area is 149 Å². The average Bonchev–Trinajstić information content (AvgIpc) is 2.64. The lowest BCUT2D eigenvalue weighted by Gasteiger charge is -2.34. The smallest absolute Gasteiger partial charge is 0.159 e. The zero-order valence-corrected chi connectivity index (χ0v) is 15.3. The van der Waals surface area contributed by atoms with Crippen molar-refractivity contribution in [2.24, 2.45) is 0 Å². The highest BCUT2D eigenvalue weighted by molar-refractivity contribution is 6.00. The molecule has 0 spiro atoms. The largest absolute Gasteiger partial charge is 0.352 e. The third kappa shape index (κ3) is 2.88. The molecule has 3 aromatic rings. The number of anilines is 1. The van der Waals surface area contributed by atoms with E-state index in [0.717, 1.165) is 23.6 Å². The van der Waals surface area contributed by atoms with Crippen molar-refractivity contribution in [2.75, 3.05) is 11.4 Å². The fourth-order valence-corrected chi connectivity index (χ4v) is 3.82. The summed E-state index contributed by atoms with van der Waals surface area (Å²) in [4.78, 5) is 2.43. The number of piperidine rings is 1. The quantitative estimate of drug-likeness (QED) is 0.638. The van der Waals surface area contributed by atoms with E-state index in [2.05, 4.69) is 78.3 Å². The molecule has 0 amide bonds. The molecule has 1 unspecified atom stereocenters. The number of rotatable bonds is 2. The molecule has 4 rings (SSSR count). The van der Waals surface area contributed by atoms with Crippen LogP contribution < -0.4 is 4.90 Å². The molecule has 2 aromatic carbocycles. The lowest BCUT2D eigenvalue weighted by Crippen LogP contribution is -2.38. The van der Waals surface area contributed by atoms with Crippen LogP contribution in [-0.4, -0.2) is 22.8 Å². The van der Waals surface area contributed by atoms with Crippen molar-refractivity contribution < 1.29 is 0 Å². The van der Waals surface area contributed by atoms with E-state index in [1.54, 1.807) is 0 Å². The van der Waals surface area contributed by atoms with Crippen molar-refractivity contribution >= 4 is 16.6 Å². The molecule has 3 heteroatoms. The van der Waals surface area contributed by atoms with Gasteiger partial charge in [0.25, 0.3) is 0 Å². The Kier molecular flexibility index (Phi) is 4.16. The first-order valence-electron chi connectivity index (χ1n) is 9.25. The van der Waals surface area contributed by atoms with Crippen molar-refractivity contribution in [3.05, 3.63) is 53.6 Å². The van der Waals surface area contributed by atoms with Gasteiger partial charge in [0.2, 0.25) is 0 Å². The Balaban J connectivity index is 1.88. The van der Waals surface area contributed by atoms with Gasteiger partial charge in [0, 0.05) is 28.9 Å². The normalized spacial score (nSPS) is 17.9. The molecule has 0 N–H and O–H groups in total. The number of hydrogen-bond acceptors (Lipinski definition) is 3. The highest BCUT2D eigenvalue weighted by Crippen LogP contribution is 2.34. The molecule has 0 saturated carbocycles. The van der Waals surface area contributed by atoms with Crippen molar-refractivity contribution in [3.8, 4) is 11.3 Å². The summed E-state index contributed by atoms with van der Waals surface area (Å²) in [5.41, 5.74) is 4.72. The van der Waals surface area contributed by atoms with Crippen LogP contribution in [0.2, 0.25) is 0 Å². The molecular weight excluding hydrogens is 306 g/mol. The Morgan fingerprint density at radius 2 is 1.72 bits per heavy atom. The van der Waals surface area contributed by atoms with Gasteiger partial charge in [-0.1, -0.05) is 36.4 Å². The first-order chi connectivity index (χ1) is 12.1. The third-order valence-electron chi connectivity index (χ3n) is 5.52. The first-order valence-corrected chi connectivity index (χ1v) is 9.25. The second-order valence-corrected chi connectivity index (χ2v) is 7.26. The predicted molar refractivity (Wildman–Crippen MR) is 105 cm³/mol. The predicted octanol–water partition coefficient (Wildman–Crippen LogP) is 5.29. The number of aryl methyl sites for hydroxylation is 2. The maximum absolute atomic E-state index is 4.69. The lowest BCUT2D eigenvalue weighted by atomic mass is 9.99. The fourth-order valence-electron chi connectivity index (χ4n) is 3.82. The molecule has 1 aliphatic rings. The van der Waals surface area contributed by atoms with Gasteiger partial charge in [-0.25, -0.2) is 0 Å². The molecule has 2 heterocycles. The summed E-state index contributed by atoms with van der Waals surface area (Å²) in [5, 5.41) is 11.7. The van der Waals surface area contributed by atoms with Crippen molar-refractivity contribution in [1.82, 2.24) is 10.2 Å². The maximum Gasteiger partial charge on any atom is 0.159 e. The van der Waals surface area contributed by atoms with Crippen LogP contribution in [0.4, 0.5) is 5.82 Å². The van der Waals surface area contributed by atoms with Gasteiger partial charge in [-0.15, -0.1) is 10.2 Å². The highest BCUT2D eigenvalue weighted by Gasteiger charge is 2.23. The van der Waals surface area contributed by atoms with E-state index in [0.29, 0.717) is 6.04 Å². The first kappa shape index (κ1) is 16.1. The second kappa shape index (κ2) is 6.47. The summed E-state index contributed by atoms with van der Waals surface area (Å²) in [6.45, 7) is 7.66. The SMILES string of the molecule is Cc1ccc(-c2nnc(N3CCCCC3C)c3ccccc23)cc1C. The highest BCUT2D eigenvalue weighted by atomic mass is 15.3. The third-order valence-corrected chi connectivity index (χ3v) is 5.52. The molecule has 0 aliphatic carbocycles. The Hall–Kier alpha value is -2.42. The fraction of sp³-hybridized carbons (Fsp3) is 0.364. The van der Waals surface area contributed by atoms with Crippen LogP contribution in [0.15, 0.2) is 42.5 Å². The molecular formula is C22H25N3. The van der Waals surface area contributed by atoms with Crippen LogP contribution >= 0.6 is 0 Å². The standard InChI is InChI=1S/C22H25N3/c1-15-11-12-18(14-16(15)2)21-19-9-4-5-10-20(19)22(24-23-21)25-13-7-6-8-17(25)3/h4-5,9-12,14,17H,6-8,13H2,1-3H3. The monoisotopic (exact) mass is 331 g/mol. The summed E-state index contributed by atoms with van der Waals surface area (Å²) in [6, 6.07) is 15.6. The van der Waals surface area contributed by atoms with Crippen LogP contribution in [0, 0.1) is 13.8 Å². The van der Waals surface area contributed by atoms with E-state index in [4.69, 9.17) is 0 Å². The zero-order valence-electron chi connectivity index (χ0n) is 15.3. The van der Waals surface area contributed by atoms with Crippen molar-refractivity contribution in [3.63, 3.8) is 0 Å². The molecule has 25 heavy (non-hydrogen) atoms. The molecule has 128 valence electrons. The number of hydrogen-bond donors (Lipinski definition) is 0. The summed E-state index contributed by atoms with van der Waals surface area (Å²) in [6.07, 6.45) is 3.78. The van der Waals surface area contributed by atoms with E-state index >= 15 is 0 Å². The molecule has 1 aliphatic heterocycles. The lowest BCUT2D eigenvalue weighted by molar-refractivity contribution is 0.481. The number of benzene rings is 2. The minimum atomic E-state index is 0.527. The number of nitrogens with zero attached hydrogens (tertiary/aromatic N) is 3. The molecule has 1 saturated heterocycles. The van der Waals surface area contributed by atoms with E-state index < -0.39 is 0 Å². The minimum Gasteiger partial charge on any atom is -0.352 e. The van der Waals surface area contributed by atoms with Gasteiger partial charge in [-0.2, -0.15) is 0 Å². The van der Waals surface area contributed by atoms with E-state index in [1.807, 2.05) is 0 Å². The van der Waals surface area contributed by atoms with Gasteiger partial charge in [0.05, 0.1) is 0 Å². The van der Waals surface area contributed by atoms with Gasteiger partial charge in [-0.3, -0.25) is 0 Å². The minimum absolute atomic E-state index is 0.527. The van der Waals surface area contributed by atoms with Crippen LogP contribution in [-0.2, 0) is 0 Å². The summed E-state index contributed by atoms with van der Waals surface area (Å²) in [7, 11) is 0. The van der Waals surface area contributed by atoms with Gasteiger partial charge in [0.1, 0.15) is 5.69 Å². The van der Waals surface area contributed by atoms with Crippen LogP contribution in [0.3, 0.4) is 0 Å². The van der Waals surface area contributed by atoms with Gasteiger partial charge in [-0.05, 0) is 57.2 Å². The summed E-state index contributed by atoms with van der Waals surface area (Å²) < 4.78 is 0. The van der Waals surface area contributed by atoms with Crippen LogP contribution in [0.1, 0.15) is 37.3 Å². The van der Waals surface area contributed by atoms with Gasteiger partial charge >= 0.3 is 0 Å². The van der Waals surface area contributed by atoms with E-state index in [9.17, 15) is 0 Å².